The van der Waals surface area contributed by atoms with Crippen LogP contribution < -0.4 is 10.5 Å². The SMILES string of the molecule is COc1c[c]c(C(N)=O)nc1. The molecule has 0 fully saturated rings. The Morgan fingerprint density at radius 1 is 1.82 bits per heavy atom. The predicted molar refractivity (Wildman–Crippen MR) is 38.1 cm³/mol. The Bertz CT molecular complexity index is 256. The first kappa shape index (κ1) is 7.53. The van der Waals surface area contributed by atoms with Crippen LogP contribution in [-0.2, 0) is 0 Å². The molecule has 11 heavy (non-hydrogen) atoms. The van der Waals surface area contributed by atoms with E-state index in [1.165, 1.54) is 19.4 Å². The number of carbonyl (C=O) groups excluding carboxylic acids is 1. The number of carbonyl (C=O) groups is 1. The Morgan fingerprint density at radius 2 is 2.55 bits per heavy atom. The van der Waals surface area contributed by atoms with Crippen LogP contribution in [0.3, 0.4) is 0 Å². The molecule has 1 heterocycles. The van der Waals surface area contributed by atoms with E-state index >= 15 is 0 Å². The molecule has 0 spiro atoms. The second-order valence-electron chi connectivity index (χ2n) is 1.87. The van der Waals surface area contributed by atoms with Crippen LogP contribution in [0.25, 0.3) is 0 Å². The fourth-order valence-corrected chi connectivity index (χ4v) is 0.589. The number of aromatic nitrogens is 1. The molecule has 1 aromatic rings. The molecule has 0 aromatic carbocycles. The van der Waals surface area contributed by atoms with Crippen molar-refractivity contribution in [3.8, 4) is 5.75 Å². The van der Waals surface area contributed by atoms with Crippen LogP contribution in [0.1, 0.15) is 10.5 Å². The van der Waals surface area contributed by atoms with Gasteiger partial charge in [-0.15, -0.1) is 0 Å². The number of methoxy groups -OCH3 is 1. The third-order valence-electron chi connectivity index (χ3n) is 1.14. The van der Waals surface area contributed by atoms with E-state index in [1.54, 1.807) is 0 Å². The molecule has 0 aliphatic rings. The average Bonchev–Trinajstić information content (AvgIpc) is 2.05. The second-order valence-corrected chi connectivity index (χ2v) is 1.87. The number of primary amides is 1. The molecular formula is C7H7N2O2. The molecule has 0 bridgehead atoms. The van der Waals surface area contributed by atoms with Crippen LogP contribution in [0.2, 0.25) is 0 Å². The molecule has 57 valence electrons. The van der Waals surface area contributed by atoms with Gasteiger partial charge in [-0.05, 0) is 6.07 Å². The van der Waals surface area contributed by atoms with Crippen molar-refractivity contribution >= 4 is 5.91 Å². The topological polar surface area (TPSA) is 65.2 Å². The molecule has 1 rings (SSSR count). The van der Waals surface area contributed by atoms with E-state index < -0.39 is 5.91 Å². The van der Waals surface area contributed by atoms with Crippen molar-refractivity contribution in [3.63, 3.8) is 0 Å². The molecule has 4 nitrogen and oxygen atoms in total. The number of pyridine rings is 1. The summed E-state index contributed by atoms with van der Waals surface area (Å²) in [5.74, 6) is -0.0392. The van der Waals surface area contributed by atoms with E-state index in [0.29, 0.717) is 5.75 Å². The highest BCUT2D eigenvalue weighted by Gasteiger charge is 2.00. The monoisotopic (exact) mass is 151 g/mol. The van der Waals surface area contributed by atoms with Crippen LogP contribution in [-0.4, -0.2) is 18.0 Å². The average molecular weight is 151 g/mol. The summed E-state index contributed by atoms with van der Waals surface area (Å²) in [5, 5.41) is 0. The van der Waals surface area contributed by atoms with Crippen LogP contribution >= 0.6 is 0 Å². The third kappa shape index (κ3) is 1.67. The number of hydrogen-bond donors (Lipinski definition) is 1. The Balaban J connectivity index is 2.91. The molecule has 0 aliphatic heterocycles. The molecule has 0 aliphatic carbocycles. The number of ether oxygens (including phenoxy) is 1. The van der Waals surface area contributed by atoms with E-state index in [9.17, 15) is 4.79 Å². The molecule has 0 unspecified atom stereocenters. The summed E-state index contributed by atoms with van der Waals surface area (Å²) in [5.41, 5.74) is 5.05. The number of amides is 1. The standard InChI is InChI=1S/C7H7N2O2/c1-11-5-2-3-6(7(8)10)9-4-5/h2,4H,1H3,(H2,8,10). The van der Waals surface area contributed by atoms with Gasteiger partial charge < -0.3 is 10.5 Å². The summed E-state index contributed by atoms with van der Waals surface area (Å²) in [6.45, 7) is 0. The Kier molecular flexibility index (Phi) is 2.06. The highest BCUT2D eigenvalue weighted by molar-refractivity contribution is 5.90. The predicted octanol–water partition coefficient (Wildman–Crippen LogP) is -0.0107. The van der Waals surface area contributed by atoms with Gasteiger partial charge in [0.05, 0.1) is 13.3 Å². The van der Waals surface area contributed by atoms with Crippen molar-refractivity contribution in [1.82, 2.24) is 4.98 Å². The van der Waals surface area contributed by atoms with Gasteiger partial charge in [-0.25, -0.2) is 4.98 Å². The van der Waals surface area contributed by atoms with Crippen molar-refractivity contribution in [2.45, 2.75) is 0 Å². The van der Waals surface area contributed by atoms with Gasteiger partial charge in [0.2, 0.25) is 0 Å². The zero-order valence-corrected chi connectivity index (χ0v) is 6.00. The number of hydrogen-bond acceptors (Lipinski definition) is 3. The first-order valence-electron chi connectivity index (χ1n) is 2.95. The van der Waals surface area contributed by atoms with Gasteiger partial charge in [0.15, 0.2) is 0 Å². The quantitative estimate of drug-likeness (QED) is 0.646. The largest absolute Gasteiger partial charge is 0.495 e. The number of nitrogens with zero attached hydrogens (tertiary/aromatic N) is 1. The summed E-state index contributed by atoms with van der Waals surface area (Å²) in [6, 6.07) is 4.08. The van der Waals surface area contributed by atoms with Crippen molar-refractivity contribution < 1.29 is 9.53 Å². The summed E-state index contributed by atoms with van der Waals surface area (Å²) in [4.78, 5) is 14.2. The van der Waals surface area contributed by atoms with Gasteiger partial charge in [0.1, 0.15) is 11.4 Å². The van der Waals surface area contributed by atoms with E-state index in [4.69, 9.17) is 10.5 Å². The molecular weight excluding hydrogens is 144 g/mol. The van der Waals surface area contributed by atoms with E-state index in [2.05, 4.69) is 11.1 Å². The molecule has 1 radical (unpaired) electrons. The lowest BCUT2D eigenvalue weighted by molar-refractivity contribution is 0.0995. The molecule has 1 amide bonds. The van der Waals surface area contributed by atoms with Crippen LogP contribution in [0.4, 0.5) is 0 Å². The van der Waals surface area contributed by atoms with Gasteiger partial charge in [-0.3, -0.25) is 4.79 Å². The fraction of sp³-hybridized carbons (Fsp3) is 0.143. The lowest BCUT2D eigenvalue weighted by Gasteiger charge is -1.97. The van der Waals surface area contributed by atoms with E-state index in [1.807, 2.05) is 0 Å². The van der Waals surface area contributed by atoms with Gasteiger partial charge in [-0.2, -0.15) is 0 Å². The minimum Gasteiger partial charge on any atom is -0.495 e. The Hall–Kier alpha value is -1.58. The van der Waals surface area contributed by atoms with E-state index in [0.717, 1.165) is 0 Å². The fourth-order valence-electron chi connectivity index (χ4n) is 0.589. The second kappa shape index (κ2) is 3.01. The Morgan fingerprint density at radius 3 is 2.91 bits per heavy atom. The number of nitrogens with two attached hydrogens (primary N) is 1. The van der Waals surface area contributed by atoms with Gasteiger partial charge in [-0.1, -0.05) is 0 Å². The molecule has 2 N–H and O–H groups in total. The van der Waals surface area contributed by atoms with Crippen LogP contribution in [0.5, 0.6) is 5.75 Å². The normalized spacial score (nSPS) is 9.18. The maximum atomic E-state index is 10.5. The van der Waals surface area contributed by atoms with Crippen molar-refractivity contribution in [2.75, 3.05) is 7.11 Å². The molecule has 0 saturated carbocycles. The Labute approximate surface area is 64.0 Å². The van der Waals surface area contributed by atoms with Crippen LogP contribution in [0, 0.1) is 6.07 Å². The highest BCUT2D eigenvalue weighted by Crippen LogP contribution is 2.06. The first-order chi connectivity index (χ1) is 5.24. The highest BCUT2D eigenvalue weighted by atomic mass is 16.5. The third-order valence-corrected chi connectivity index (χ3v) is 1.14. The van der Waals surface area contributed by atoms with Gasteiger partial charge in [0.25, 0.3) is 5.91 Å². The van der Waals surface area contributed by atoms with Crippen molar-refractivity contribution in [3.05, 3.63) is 24.0 Å². The van der Waals surface area contributed by atoms with Crippen molar-refractivity contribution in [2.24, 2.45) is 5.73 Å². The molecule has 0 atom stereocenters. The maximum absolute atomic E-state index is 10.5. The minimum atomic E-state index is -0.590. The zero-order valence-electron chi connectivity index (χ0n) is 6.00. The molecule has 1 aromatic heterocycles. The van der Waals surface area contributed by atoms with Gasteiger partial charge >= 0.3 is 0 Å². The van der Waals surface area contributed by atoms with Gasteiger partial charge in [0, 0.05) is 6.07 Å². The summed E-state index contributed by atoms with van der Waals surface area (Å²) in [7, 11) is 1.51. The van der Waals surface area contributed by atoms with Crippen LogP contribution in [0.15, 0.2) is 12.3 Å². The summed E-state index contributed by atoms with van der Waals surface area (Å²) in [6.07, 6.45) is 1.41. The first-order valence-corrected chi connectivity index (χ1v) is 2.95. The molecule has 0 saturated heterocycles. The zero-order chi connectivity index (χ0) is 8.27. The molecule has 4 heteroatoms. The maximum Gasteiger partial charge on any atom is 0.267 e. The lowest BCUT2D eigenvalue weighted by atomic mass is 10.3. The smallest absolute Gasteiger partial charge is 0.267 e. The van der Waals surface area contributed by atoms with Crippen molar-refractivity contribution in [1.29, 1.82) is 0 Å². The van der Waals surface area contributed by atoms with E-state index in [-0.39, 0.29) is 5.69 Å². The summed E-state index contributed by atoms with van der Waals surface area (Å²) >= 11 is 0. The number of rotatable bonds is 2. The lowest BCUT2D eigenvalue weighted by Crippen LogP contribution is -2.12. The summed E-state index contributed by atoms with van der Waals surface area (Å²) < 4.78 is 4.80. The minimum absolute atomic E-state index is 0.116.